The molecular formula is C19H32O6. The second-order valence-corrected chi connectivity index (χ2v) is 7.71. The van der Waals surface area contributed by atoms with Crippen molar-refractivity contribution >= 4 is 17.9 Å². The third-order valence-corrected chi connectivity index (χ3v) is 4.67. The summed E-state index contributed by atoms with van der Waals surface area (Å²) < 4.78 is 10.6. The third kappa shape index (κ3) is 7.04. The van der Waals surface area contributed by atoms with Crippen LogP contribution in [-0.2, 0) is 23.9 Å². The second-order valence-electron chi connectivity index (χ2n) is 7.71. The number of esters is 2. The van der Waals surface area contributed by atoms with Gasteiger partial charge in [0.25, 0.3) is 0 Å². The van der Waals surface area contributed by atoms with Crippen LogP contribution in [0.25, 0.3) is 0 Å². The molecule has 0 amide bonds. The van der Waals surface area contributed by atoms with E-state index in [0.717, 1.165) is 6.42 Å². The molecule has 1 saturated carbocycles. The van der Waals surface area contributed by atoms with Crippen LogP contribution in [0.5, 0.6) is 0 Å². The quantitative estimate of drug-likeness (QED) is 0.638. The highest BCUT2D eigenvalue weighted by molar-refractivity contribution is 5.87. The Kier molecular flexibility index (Phi) is 8.93. The molecule has 0 aromatic carbocycles. The number of aliphatic carboxylic acids is 1. The summed E-state index contributed by atoms with van der Waals surface area (Å²) in [5.74, 6) is -3.89. The van der Waals surface area contributed by atoms with Crippen molar-refractivity contribution in [1.29, 1.82) is 0 Å². The molecule has 25 heavy (non-hydrogen) atoms. The summed E-state index contributed by atoms with van der Waals surface area (Å²) in [6.07, 6.45) is 2.89. The first-order valence-electron chi connectivity index (χ1n) is 9.30. The summed E-state index contributed by atoms with van der Waals surface area (Å²) in [6, 6.07) is 0. The molecular weight excluding hydrogens is 324 g/mol. The lowest BCUT2D eigenvalue weighted by Gasteiger charge is -2.33. The van der Waals surface area contributed by atoms with Crippen LogP contribution in [0.4, 0.5) is 0 Å². The summed E-state index contributed by atoms with van der Waals surface area (Å²) in [4.78, 5) is 36.5. The topological polar surface area (TPSA) is 89.9 Å². The highest BCUT2D eigenvalue weighted by Gasteiger charge is 2.46. The van der Waals surface area contributed by atoms with Gasteiger partial charge in [-0.15, -0.1) is 0 Å². The van der Waals surface area contributed by atoms with Crippen LogP contribution in [-0.4, -0.2) is 36.2 Å². The largest absolute Gasteiger partial charge is 0.481 e. The molecule has 3 atom stereocenters. The van der Waals surface area contributed by atoms with Crippen molar-refractivity contribution in [3.05, 3.63) is 0 Å². The molecule has 0 radical (unpaired) electrons. The molecule has 6 heteroatoms. The molecule has 0 saturated heterocycles. The fourth-order valence-corrected chi connectivity index (χ4v) is 3.06. The number of hydrogen-bond donors (Lipinski definition) is 1. The normalized spacial score (nSPS) is 23.5. The van der Waals surface area contributed by atoms with Crippen LogP contribution < -0.4 is 0 Å². The number of carbonyl (C=O) groups is 3. The van der Waals surface area contributed by atoms with Crippen LogP contribution >= 0.6 is 0 Å². The molecule has 1 N–H and O–H groups in total. The van der Waals surface area contributed by atoms with Gasteiger partial charge >= 0.3 is 17.9 Å². The van der Waals surface area contributed by atoms with Crippen LogP contribution in [0, 0.1) is 29.6 Å². The molecule has 0 aromatic heterocycles. The molecule has 0 spiro atoms. The van der Waals surface area contributed by atoms with E-state index >= 15 is 0 Å². The number of hydrogen-bond acceptors (Lipinski definition) is 5. The lowest BCUT2D eigenvalue weighted by molar-refractivity contribution is -0.170. The Labute approximate surface area is 150 Å². The number of rotatable bonds is 9. The van der Waals surface area contributed by atoms with Crippen LogP contribution in [0.3, 0.4) is 0 Å². The van der Waals surface area contributed by atoms with E-state index in [2.05, 4.69) is 0 Å². The summed E-state index contributed by atoms with van der Waals surface area (Å²) in [6.45, 7) is 8.63. The summed E-state index contributed by atoms with van der Waals surface area (Å²) >= 11 is 0. The maximum atomic E-state index is 12.5. The van der Waals surface area contributed by atoms with Gasteiger partial charge in [-0.3, -0.25) is 14.4 Å². The van der Waals surface area contributed by atoms with Crippen molar-refractivity contribution in [2.75, 3.05) is 13.2 Å². The lowest BCUT2D eigenvalue weighted by Crippen LogP contribution is -2.43. The minimum absolute atomic E-state index is 0.245. The molecule has 0 bridgehead atoms. The zero-order valence-electron chi connectivity index (χ0n) is 15.8. The van der Waals surface area contributed by atoms with Crippen LogP contribution in [0.15, 0.2) is 0 Å². The Hall–Kier alpha value is -1.59. The van der Waals surface area contributed by atoms with Gasteiger partial charge in [0, 0.05) is 0 Å². The number of carboxylic acid groups (broad SMARTS) is 1. The van der Waals surface area contributed by atoms with Gasteiger partial charge in [-0.2, -0.15) is 0 Å². The zero-order chi connectivity index (χ0) is 19.0. The standard InChI is InChI=1S/C19H32O6/c1-12(2)8-10-24-18(22)15-7-5-6-14(17(20)21)16(15)19(23)25-11-9-13(3)4/h12-16H,5-11H2,1-4H3,(H,20,21). The fourth-order valence-electron chi connectivity index (χ4n) is 3.06. The van der Waals surface area contributed by atoms with E-state index in [1.54, 1.807) is 0 Å². The van der Waals surface area contributed by atoms with Gasteiger partial charge in [0.15, 0.2) is 0 Å². The fraction of sp³-hybridized carbons (Fsp3) is 0.842. The molecule has 0 heterocycles. The van der Waals surface area contributed by atoms with E-state index in [4.69, 9.17) is 9.47 Å². The maximum absolute atomic E-state index is 12.5. The monoisotopic (exact) mass is 356 g/mol. The highest BCUT2D eigenvalue weighted by atomic mass is 16.5. The van der Waals surface area contributed by atoms with E-state index < -0.39 is 35.7 Å². The van der Waals surface area contributed by atoms with Gasteiger partial charge in [0.2, 0.25) is 0 Å². The smallest absolute Gasteiger partial charge is 0.310 e. The van der Waals surface area contributed by atoms with Gasteiger partial charge in [-0.05, 0) is 37.5 Å². The predicted octanol–water partition coefficient (Wildman–Crippen LogP) is 3.28. The highest BCUT2D eigenvalue weighted by Crippen LogP contribution is 2.37. The average molecular weight is 356 g/mol. The van der Waals surface area contributed by atoms with E-state index in [9.17, 15) is 19.5 Å². The molecule has 1 rings (SSSR count). The Morgan fingerprint density at radius 1 is 0.880 bits per heavy atom. The van der Waals surface area contributed by atoms with Crippen molar-refractivity contribution in [3.8, 4) is 0 Å². The van der Waals surface area contributed by atoms with Gasteiger partial charge < -0.3 is 14.6 Å². The maximum Gasteiger partial charge on any atom is 0.310 e. The van der Waals surface area contributed by atoms with Crippen molar-refractivity contribution in [2.24, 2.45) is 29.6 Å². The average Bonchev–Trinajstić information content (AvgIpc) is 2.53. The van der Waals surface area contributed by atoms with Gasteiger partial charge in [0.1, 0.15) is 0 Å². The van der Waals surface area contributed by atoms with Crippen molar-refractivity contribution in [3.63, 3.8) is 0 Å². The van der Waals surface area contributed by atoms with E-state index in [0.29, 0.717) is 44.1 Å². The second kappa shape index (κ2) is 10.4. The Morgan fingerprint density at radius 3 is 1.84 bits per heavy atom. The summed E-state index contributed by atoms with van der Waals surface area (Å²) in [5, 5.41) is 9.46. The lowest BCUT2D eigenvalue weighted by atomic mass is 9.72. The zero-order valence-corrected chi connectivity index (χ0v) is 15.8. The number of ether oxygens (including phenoxy) is 2. The predicted molar refractivity (Wildman–Crippen MR) is 92.8 cm³/mol. The Morgan fingerprint density at radius 2 is 1.36 bits per heavy atom. The first-order chi connectivity index (χ1) is 11.7. The van der Waals surface area contributed by atoms with E-state index in [-0.39, 0.29) is 6.61 Å². The summed E-state index contributed by atoms with van der Waals surface area (Å²) in [5.41, 5.74) is 0. The molecule has 1 fully saturated rings. The molecule has 0 aromatic rings. The molecule has 6 nitrogen and oxygen atoms in total. The first kappa shape index (κ1) is 21.5. The van der Waals surface area contributed by atoms with Crippen LogP contribution in [0.1, 0.15) is 59.8 Å². The van der Waals surface area contributed by atoms with Crippen molar-refractivity contribution < 1.29 is 29.0 Å². The molecule has 1 aliphatic rings. The Bertz CT molecular complexity index is 457. The summed E-state index contributed by atoms with van der Waals surface area (Å²) in [7, 11) is 0. The van der Waals surface area contributed by atoms with Crippen molar-refractivity contribution in [1.82, 2.24) is 0 Å². The van der Waals surface area contributed by atoms with Crippen molar-refractivity contribution in [2.45, 2.75) is 59.8 Å². The van der Waals surface area contributed by atoms with E-state index in [1.165, 1.54) is 0 Å². The third-order valence-electron chi connectivity index (χ3n) is 4.67. The van der Waals surface area contributed by atoms with E-state index in [1.807, 2.05) is 27.7 Å². The van der Waals surface area contributed by atoms with Gasteiger partial charge in [-0.1, -0.05) is 34.1 Å². The van der Waals surface area contributed by atoms with Gasteiger partial charge in [0.05, 0.1) is 31.0 Å². The Balaban J connectivity index is 2.78. The minimum Gasteiger partial charge on any atom is -0.481 e. The minimum atomic E-state index is -1.05. The van der Waals surface area contributed by atoms with Gasteiger partial charge in [-0.25, -0.2) is 0 Å². The molecule has 144 valence electrons. The molecule has 3 unspecified atom stereocenters. The van der Waals surface area contributed by atoms with Crippen LogP contribution in [0.2, 0.25) is 0 Å². The molecule has 1 aliphatic carbocycles. The molecule has 0 aliphatic heterocycles. The first-order valence-corrected chi connectivity index (χ1v) is 9.30. The SMILES string of the molecule is CC(C)CCOC(=O)C1CCCC(C(=O)O)C1C(=O)OCCC(C)C. The number of carbonyl (C=O) groups excluding carboxylic acids is 2. The number of carboxylic acids is 1.